The highest BCUT2D eigenvalue weighted by Crippen LogP contribution is 2.30. The molecule has 5 heteroatoms. The Bertz CT molecular complexity index is 804. The van der Waals surface area contributed by atoms with Crippen LogP contribution in [0, 0.1) is 24.0 Å². The Morgan fingerprint density at radius 2 is 1.80 bits per heavy atom. The van der Waals surface area contributed by atoms with E-state index in [1.165, 1.54) is 4.40 Å². The molecule has 0 fully saturated rings. The minimum Gasteiger partial charge on any atom is -0.358 e. The van der Waals surface area contributed by atoms with Gasteiger partial charge >= 0.3 is 5.82 Å². The summed E-state index contributed by atoms with van der Waals surface area (Å²) >= 11 is 0. The molecule has 5 nitrogen and oxygen atoms in total. The second-order valence-corrected chi connectivity index (χ2v) is 4.84. The molecule has 0 aliphatic rings. The number of fused-ring (bicyclic) bond motifs is 1. The topological polar surface area (TPSA) is 60.4 Å². The van der Waals surface area contributed by atoms with E-state index in [0.29, 0.717) is 11.3 Å². The summed E-state index contributed by atoms with van der Waals surface area (Å²) in [5.41, 5.74) is 3.88. The summed E-state index contributed by atoms with van der Waals surface area (Å²) < 4.78 is 1.52. The van der Waals surface area contributed by atoms with Crippen LogP contribution in [0.4, 0.5) is 5.82 Å². The normalized spacial score (nSPS) is 10.9. The Labute approximate surface area is 115 Å². The van der Waals surface area contributed by atoms with Crippen molar-refractivity contribution >= 4 is 11.5 Å². The molecule has 0 aliphatic heterocycles. The lowest BCUT2D eigenvalue weighted by atomic mass is 10.1. The highest BCUT2D eigenvalue weighted by atomic mass is 16.6. The molecule has 0 saturated heterocycles. The fourth-order valence-electron chi connectivity index (χ4n) is 2.21. The van der Waals surface area contributed by atoms with Gasteiger partial charge in [0.15, 0.2) is 5.69 Å². The van der Waals surface area contributed by atoms with Gasteiger partial charge in [0.25, 0.3) is 0 Å². The lowest BCUT2D eigenvalue weighted by Crippen LogP contribution is -1.95. The Morgan fingerprint density at radius 1 is 1.10 bits per heavy atom. The van der Waals surface area contributed by atoms with E-state index in [0.717, 1.165) is 16.7 Å². The van der Waals surface area contributed by atoms with Gasteiger partial charge in [0.05, 0.1) is 6.20 Å². The van der Waals surface area contributed by atoms with Crippen LogP contribution in [-0.2, 0) is 0 Å². The molecule has 0 unspecified atom stereocenters. The van der Waals surface area contributed by atoms with Gasteiger partial charge in [-0.25, -0.2) is 0 Å². The fourth-order valence-corrected chi connectivity index (χ4v) is 2.21. The monoisotopic (exact) mass is 267 g/mol. The van der Waals surface area contributed by atoms with Gasteiger partial charge in [-0.1, -0.05) is 29.8 Å². The van der Waals surface area contributed by atoms with E-state index in [9.17, 15) is 10.1 Å². The van der Waals surface area contributed by atoms with Crippen LogP contribution in [0.15, 0.2) is 42.6 Å². The van der Waals surface area contributed by atoms with Crippen molar-refractivity contribution in [2.75, 3.05) is 0 Å². The third-order valence-corrected chi connectivity index (χ3v) is 3.25. The van der Waals surface area contributed by atoms with E-state index in [4.69, 9.17) is 0 Å². The quantitative estimate of drug-likeness (QED) is 0.527. The molecule has 100 valence electrons. The van der Waals surface area contributed by atoms with Crippen LogP contribution in [0.25, 0.3) is 16.9 Å². The van der Waals surface area contributed by atoms with Crippen molar-refractivity contribution in [1.29, 1.82) is 0 Å². The maximum atomic E-state index is 11.4. The Morgan fingerprint density at radius 3 is 2.45 bits per heavy atom. The molecule has 0 amide bonds. The van der Waals surface area contributed by atoms with Gasteiger partial charge in [-0.3, -0.25) is 0 Å². The summed E-state index contributed by atoms with van der Waals surface area (Å²) in [4.78, 5) is 15.4. The van der Waals surface area contributed by atoms with E-state index in [1.54, 1.807) is 6.20 Å². The summed E-state index contributed by atoms with van der Waals surface area (Å²) in [7, 11) is 0. The number of nitrogens with zero attached hydrogens (tertiary/aromatic N) is 3. The van der Waals surface area contributed by atoms with Crippen LogP contribution >= 0.6 is 0 Å². The first-order valence-corrected chi connectivity index (χ1v) is 6.26. The zero-order valence-electron chi connectivity index (χ0n) is 11.2. The van der Waals surface area contributed by atoms with Crippen molar-refractivity contribution < 1.29 is 4.92 Å². The predicted octanol–water partition coefficient (Wildman–Crippen LogP) is 3.53. The van der Waals surface area contributed by atoms with Gasteiger partial charge in [-0.15, -0.1) is 0 Å². The first-order chi connectivity index (χ1) is 9.56. The number of rotatable bonds is 2. The summed E-state index contributed by atoms with van der Waals surface area (Å²) in [6.07, 6.45) is 1.69. The maximum absolute atomic E-state index is 11.4. The van der Waals surface area contributed by atoms with Crippen LogP contribution in [0.2, 0.25) is 0 Å². The van der Waals surface area contributed by atoms with Crippen LogP contribution < -0.4 is 0 Å². The van der Waals surface area contributed by atoms with E-state index in [1.807, 2.05) is 50.2 Å². The average molecular weight is 267 g/mol. The molecule has 0 N–H and O–H groups in total. The van der Waals surface area contributed by atoms with Gasteiger partial charge < -0.3 is 10.1 Å². The molecule has 0 spiro atoms. The minimum atomic E-state index is -0.384. The number of hydrogen-bond acceptors (Lipinski definition) is 3. The zero-order chi connectivity index (χ0) is 14.3. The molecule has 0 aliphatic carbocycles. The van der Waals surface area contributed by atoms with Crippen molar-refractivity contribution in [2.24, 2.45) is 0 Å². The molecule has 0 atom stereocenters. The van der Waals surface area contributed by atoms with Crippen molar-refractivity contribution in [3.8, 4) is 11.3 Å². The van der Waals surface area contributed by atoms with Crippen LogP contribution in [0.3, 0.4) is 0 Å². The second-order valence-electron chi connectivity index (χ2n) is 4.84. The van der Waals surface area contributed by atoms with Crippen molar-refractivity contribution in [3.05, 3.63) is 63.8 Å². The van der Waals surface area contributed by atoms with Gasteiger partial charge in [0.1, 0.15) is 0 Å². The van der Waals surface area contributed by atoms with E-state index < -0.39 is 0 Å². The minimum absolute atomic E-state index is 0.00357. The van der Waals surface area contributed by atoms with E-state index in [-0.39, 0.29) is 10.7 Å². The Balaban J connectivity index is 2.31. The highest BCUT2D eigenvalue weighted by Gasteiger charge is 2.23. The largest absolute Gasteiger partial charge is 0.358 e. The highest BCUT2D eigenvalue weighted by molar-refractivity contribution is 5.72. The van der Waals surface area contributed by atoms with Crippen molar-refractivity contribution in [1.82, 2.24) is 9.38 Å². The molecule has 2 aromatic heterocycles. The number of nitro groups is 1. The Hall–Kier alpha value is -2.69. The van der Waals surface area contributed by atoms with Crippen LogP contribution in [0.5, 0.6) is 0 Å². The standard InChI is InChI=1S/C15H13N3O2/c1-10-3-5-12(6-4-10)14-15(18(19)20)17-8-7-11(2)9-13(17)16-14/h3-9H,1-2H3. The summed E-state index contributed by atoms with van der Waals surface area (Å²) in [5.74, 6) is 0.00357. The molecule has 0 radical (unpaired) electrons. The number of imidazole rings is 1. The lowest BCUT2D eigenvalue weighted by Gasteiger charge is -1.99. The summed E-state index contributed by atoms with van der Waals surface area (Å²) in [5, 5.41) is 11.4. The zero-order valence-corrected chi connectivity index (χ0v) is 11.2. The molecule has 2 heterocycles. The van der Waals surface area contributed by atoms with Gasteiger partial charge in [0, 0.05) is 11.6 Å². The van der Waals surface area contributed by atoms with Crippen molar-refractivity contribution in [3.63, 3.8) is 0 Å². The van der Waals surface area contributed by atoms with E-state index in [2.05, 4.69) is 4.98 Å². The lowest BCUT2D eigenvalue weighted by molar-refractivity contribution is -0.389. The number of aromatic nitrogens is 2. The third-order valence-electron chi connectivity index (χ3n) is 3.25. The number of pyridine rings is 1. The van der Waals surface area contributed by atoms with Crippen molar-refractivity contribution in [2.45, 2.75) is 13.8 Å². The number of aryl methyl sites for hydroxylation is 2. The Kier molecular flexibility index (Phi) is 2.75. The predicted molar refractivity (Wildman–Crippen MR) is 76.8 cm³/mol. The first kappa shape index (κ1) is 12.3. The number of benzene rings is 1. The molecule has 0 bridgehead atoms. The molecule has 3 aromatic rings. The molecule has 0 saturated carbocycles. The summed E-state index contributed by atoms with van der Waals surface area (Å²) in [6.45, 7) is 3.91. The van der Waals surface area contributed by atoms with Gasteiger partial charge in [-0.05, 0) is 30.4 Å². The van der Waals surface area contributed by atoms with Crippen LogP contribution in [0.1, 0.15) is 11.1 Å². The third kappa shape index (κ3) is 1.93. The van der Waals surface area contributed by atoms with Crippen LogP contribution in [-0.4, -0.2) is 14.3 Å². The summed E-state index contributed by atoms with van der Waals surface area (Å²) in [6, 6.07) is 11.2. The van der Waals surface area contributed by atoms with Gasteiger partial charge in [-0.2, -0.15) is 9.38 Å². The molecule has 1 aromatic carbocycles. The molecular weight excluding hydrogens is 254 g/mol. The number of hydrogen-bond donors (Lipinski definition) is 0. The smallest absolute Gasteiger partial charge is 0.355 e. The molecule has 20 heavy (non-hydrogen) atoms. The maximum Gasteiger partial charge on any atom is 0.355 e. The SMILES string of the molecule is Cc1ccc(-c2nc3cc(C)ccn3c2[N+](=O)[O-])cc1. The second kappa shape index (κ2) is 4.45. The fraction of sp³-hybridized carbons (Fsp3) is 0.133. The van der Waals surface area contributed by atoms with E-state index >= 15 is 0 Å². The molecule has 3 rings (SSSR count). The first-order valence-electron chi connectivity index (χ1n) is 6.26. The molecular formula is C15H13N3O2. The van der Waals surface area contributed by atoms with Gasteiger partial charge in [0.2, 0.25) is 5.65 Å². The average Bonchev–Trinajstić information content (AvgIpc) is 2.77.